The molecule has 0 spiro atoms. The standard InChI is InChI=1S/C17H16F2N4O4S/c18-16(19)28(26,27)13-7-5-12(6-8-13)15(24)20-9-3-11-23-17(25)22-10-2-1-4-14(22)21-23/h1-2,4-8,10,16H,3,9,11H2,(H,20,24). The predicted molar refractivity (Wildman–Crippen MR) is 96.0 cm³/mol. The lowest BCUT2D eigenvalue weighted by Crippen LogP contribution is -2.27. The number of carbonyl (C=O) groups excluding carboxylic acids is 1. The maximum Gasteiger partial charge on any atom is 0.350 e. The van der Waals surface area contributed by atoms with Gasteiger partial charge >= 0.3 is 11.4 Å². The van der Waals surface area contributed by atoms with Crippen molar-refractivity contribution in [3.05, 3.63) is 64.7 Å². The van der Waals surface area contributed by atoms with E-state index >= 15 is 0 Å². The van der Waals surface area contributed by atoms with Gasteiger partial charge in [0.25, 0.3) is 5.91 Å². The molecule has 0 aliphatic rings. The van der Waals surface area contributed by atoms with E-state index in [2.05, 4.69) is 10.4 Å². The summed E-state index contributed by atoms with van der Waals surface area (Å²) in [7, 11) is -4.69. The zero-order valence-corrected chi connectivity index (χ0v) is 15.3. The fraction of sp³-hybridized carbons (Fsp3) is 0.235. The molecule has 2 heterocycles. The Bertz CT molecular complexity index is 1150. The summed E-state index contributed by atoms with van der Waals surface area (Å²) in [5.74, 6) is -4.00. The van der Waals surface area contributed by atoms with E-state index in [9.17, 15) is 26.8 Å². The van der Waals surface area contributed by atoms with E-state index < -0.39 is 26.4 Å². The zero-order chi connectivity index (χ0) is 20.3. The second kappa shape index (κ2) is 7.89. The lowest BCUT2D eigenvalue weighted by molar-refractivity contribution is 0.0952. The molecule has 2 aromatic heterocycles. The van der Waals surface area contributed by atoms with Crippen molar-refractivity contribution < 1.29 is 22.0 Å². The van der Waals surface area contributed by atoms with Crippen LogP contribution < -0.4 is 11.0 Å². The van der Waals surface area contributed by atoms with Crippen LogP contribution in [0.1, 0.15) is 16.8 Å². The molecule has 1 amide bonds. The molecule has 28 heavy (non-hydrogen) atoms. The van der Waals surface area contributed by atoms with Gasteiger partial charge in [0, 0.05) is 24.8 Å². The smallest absolute Gasteiger partial charge is 0.350 e. The van der Waals surface area contributed by atoms with Crippen LogP contribution in [-0.2, 0) is 16.4 Å². The minimum atomic E-state index is -4.69. The van der Waals surface area contributed by atoms with Gasteiger partial charge in [-0.1, -0.05) is 6.07 Å². The van der Waals surface area contributed by atoms with Crippen molar-refractivity contribution in [1.82, 2.24) is 19.5 Å². The monoisotopic (exact) mass is 410 g/mol. The number of nitrogens with zero attached hydrogens (tertiary/aromatic N) is 3. The van der Waals surface area contributed by atoms with Gasteiger partial charge < -0.3 is 5.32 Å². The fourth-order valence-electron chi connectivity index (χ4n) is 2.55. The number of amides is 1. The van der Waals surface area contributed by atoms with Gasteiger partial charge in [-0.2, -0.15) is 8.78 Å². The maximum atomic E-state index is 12.5. The molecule has 148 valence electrons. The summed E-state index contributed by atoms with van der Waals surface area (Å²) >= 11 is 0. The highest BCUT2D eigenvalue weighted by Gasteiger charge is 2.26. The van der Waals surface area contributed by atoms with Crippen molar-refractivity contribution in [2.24, 2.45) is 0 Å². The molecule has 0 unspecified atom stereocenters. The molecule has 3 rings (SSSR count). The average molecular weight is 410 g/mol. The molecule has 0 fully saturated rings. The van der Waals surface area contributed by atoms with E-state index in [0.29, 0.717) is 18.6 Å². The molecule has 0 aliphatic heterocycles. The largest absolute Gasteiger partial charge is 0.352 e. The van der Waals surface area contributed by atoms with Gasteiger partial charge in [0.05, 0.1) is 4.90 Å². The molecule has 8 nitrogen and oxygen atoms in total. The number of carbonyl (C=O) groups is 1. The van der Waals surface area contributed by atoms with Crippen LogP contribution in [0.15, 0.2) is 58.4 Å². The summed E-state index contributed by atoms with van der Waals surface area (Å²) in [6.45, 7) is 0.544. The molecule has 0 saturated heterocycles. The van der Waals surface area contributed by atoms with Gasteiger partial charge in [-0.05, 0) is 42.8 Å². The molecule has 0 saturated carbocycles. The fourth-order valence-corrected chi connectivity index (χ4v) is 3.27. The number of hydrogen-bond donors (Lipinski definition) is 1. The second-order valence-corrected chi connectivity index (χ2v) is 7.79. The number of sulfone groups is 1. The van der Waals surface area contributed by atoms with Gasteiger partial charge in [0.2, 0.25) is 9.84 Å². The van der Waals surface area contributed by atoms with Crippen molar-refractivity contribution in [1.29, 1.82) is 0 Å². The molecule has 0 radical (unpaired) electrons. The van der Waals surface area contributed by atoms with Crippen LogP contribution in [0.2, 0.25) is 0 Å². The molecule has 1 N–H and O–H groups in total. The van der Waals surface area contributed by atoms with Crippen molar-refractivity contribution in [3.63, 3.8) is 0 Å². The van der Waals surface area contributed by atoms with E-state index in [1.165, 1.54) is 9.08 Å². The molecule has 0 bridgehead atoms. The molecular formula is C17H16F2N4O4S. The number of aromatic nitrogens is 3. The highest BCUT2D eigenvalue weighted by Crippen LogP contribution is 2.18. The van der Waals surface area contributed by atoms with Crippen LogP contribution in [0.25, 0.3) is 5.65 Å². The lowest BCUT2D eigenvalue weighted by Gasteiger charge is -2.07. The van der Waals surface area contributed by atoms with Gasteiger partial charge in [-0.3, -0.25) is 9.20 Å². The summed E-state index contributed by atoms with van der Waals surface area (Å²) in [5, 5.41) is 6.79. The summed E-state index contributed by atoms with van der Waals surface area (Å²) in [4.78, 5) is 23.6. The lowest BCUT2D eigenvalue weighted by atomic mass is 10.2. The molecular weight excluding hydrogens is 394 g/mol. The highest BCUT2D eigenvalue weighted by molar-refractivity contribution is 7.91. The highest BCUT2D eigenvalue weighted by atomic mass is 32.2. The number of halogens is 2. The number of benzene rings is 1. The third-order valence-corrected chi connectivity index (χ3v) is 5.40. The quantitative estimate of drug-likeness (QED) is 0.592. The van der Waals surface area contributed by atoms with Crippen LogP contribution >= 0.6 is 0 Å². The number of aryl methyl sites for hydroxylation is 1. The summed E-state index contributed by atoms with van der Waals surface area (Å²) in [5.41, 5.74) is 0.381. The number of hydrogen-bond acceptors (Lipinski definition) is 5. The van der Waals surface area contributed by atoms with Crippen molar-refractivity contribution in [2.45, 2.75) is 23.6 Å². The number of pyridine rings is 1. The van der Waals surface area contributed by atoms with Gasteiger partial charge in [0.1, 0.15) is 0 Å². The Kier molecular flexibility index (Phi) is 5.54. The first kappa shape index (κ1) is 19.7. The Morgan fingerprint density at radius 3 is 2.50 bits per heavy atom. The van der Waals surface area contributed by atoms with Crippen LogP contribution in [-0.4, -0.2) is 40.8 Å². The van der Waals surface area contributed by atoms with Crippen LogP contribution in [0, 0.1) is 0 Å². The number of alkyl halides is 2. The van der Waals surface area contributed by atoms with Gasteiger partial charge in [-0.15, -0.1) is 5.10 Å². The summed E-state index contributed by atoms with van der Waals surface area (Å²) < 4.78 is 50.4. The Morgan fingerprint density at radius 2 is 1.86 bits per heavy atom. The molecule has 0 aliphatic carbocycles. The summed E-state index contributed by atoms with van der Waals surface area (Å²) in [6, 6.07) is 9.45. The number of fused-ring (bicyclic) bond motifs is 1. The van der Waals surface area contributed by atoms with E-state index in [4.69, 9.17) is 0 Å². The van der Waals surface area contributed by atoms with Crippen LogP contribution in [0.5, 0.6) is 0 Å². The Labute approximate surface area is 158 Å². The Balaban J connectivity index is 1.55. The maximum absolute atomic E-state index is 12.5. The van der Waals surface area contributed by atoms with Gasteiger partial charge in [0.15, 0.2) is 5.65 Å². The van der Waals surface area contributed by atoms with E-state index in [-0.39, 0.29) is 17.8 Å². The molecule has 1 aromatic carbocycles. The van der Waals surface area contributed by atoms with Gasteiger partial charge in [-0.25, -0.2) is 17.9 Å². The third kappa shape index (κ3) is 3.93. The van der Waals surface area contributed by atoms with Crippen molar-refractivity contribution in [2.75, 3.05) is 6.54 Å². The zero-order valence-electron chi connectivity index (χ0n) is 14.5. The first-order valence-electron chi connectivity index (χ1n) is 8.25. The topological polar surface area (TPSA) is 103 Å². The normalized spacial score (nSPS) is 11.8. The van der Waals surface area contributed by atoms with Crippen molar-refractivity contribution >= 4 is 21.4 Å². The van der Waals surface area contributed by atoms with Crippen molar-refractivity contribution in [3.8, 4) is 0 Å². The second-order valence-electron chi connectivity index (χ2n) is 5.87. The Morgan fingerprint density at radius 1 is 1.14 bits per heavy atom. The minimum absolute atomic E-state index is 0.137. The van der Waals surface area contributed by atoms with Crippen LogP contribution in [0.4, 0.5) is 8.78 Å². The van der Waals surface area contributed by atoms with E-state index in [1.54, 1.807) is 24.4 Å². The number of nitrogens with one attached hydrogen (secondary N) is 1. The number of rotatable bonds is 7. The molecule has 3 aromatic rings. The first-order valence-corrected chi connectivity index (χ1v) is 9.80. The Hall–Kier alpha value is -3.08. The first-order chi connectivity index (χ1) is 13.3. The third-order valence-electron chi connectivity index (χ3n) is 4.00. The molecule has 0 atom stereocenters. The minimum Gasteiger partial charge on any atom is -0.352 e. The summed E-state index contributed by atoms with van der Waals surface area (Å²) in [6.07, 6.45) is 2.05. The predicted octanol–water partition coefficient (Wildman–Crippen LogP) is 1.31. The van der Waals surface area contributed by atoms with Crippen LogP contribution in [0.3, 0.4) is 0 Å². The van der Waals surface area contributed by atoms with E-state index in [1.807, 2.05) is 0 Å². The average Bonchev–Trinajstić information content (AvgIpc) is 3.01. The SMILES string of the molecule is O=C(NCCCn1nc2ccccn2c1=O)c1ccc(S(=O)(=O)C(F)F)cc1. The molecule has 11 heteroatoms. The van der Waals surface area contributed by atoms with E-state index in [0.717, 1.165) is 24.3 Å².